The molecule has 5 heteroatoms. The summed E-state index contributed by atoms with van der Waals surface area (Å²) in [5, 5.41) is 0. The van der Waals surface area contributed by atoms with Crippen molar-refractivity contribution in [3.63, 3.8) is 0 Å². The molecule has 0 saturated heterocycles. The fraction of sp³-hybridized carbons (Fsp3) is 0.200. The van der Waals surface area contributed by atoms with Crippen molar-refractivity contribution >= 4 is 52.7 Å². The van der Waals surface area contributed by atoms with Gasteiger partial charge in [0.05, 0.1) is 5.69 Å². The summed E-state index contributed by atoms with van der Waals surface area (Å²) in [6.45, 7) is 4.25. The Hall–Kier alpha value is -0.370. The first-order valence-corrected chi connectivity index (χ1v) is 8.79. The molecule has 106 valence electrons. The van der Waals surface area contributed by atoms with Crippen LogP contribution >= 0.6 is 47.0 Å². The first-order chi connectivity index (χ1) is 9.70. The second kappa shape index (κ2) is 8.17. The van der Waals surface area contributed by atoms with E-state index in [9.17, 15) is 0 Å². The van der Waals surface area contributed by atoms with Gasteiger partial charge in [-0.25, -0.2) is 2.51 Å². The lowest BCUT2D eigenvalue weighted by molar-refractivity contribution is 0.847. The molecule has 0 heterocycles. The van der Waals surface area contributed by atoms with Gasteiger partial charge in [-0.1, -0.05) is 36.4 Å². The molecule has 0 aromatic heterocycles. The Bertz CT molecular complexity index is 563. The second-order valence-electron chi connectivity index (χ2n) is 4.48. The maximum atomic E-state index is 5.02. The Morgan fingerprint density at radius 1 is 1.15 bits per heavy atom. The van der Waals surface area contributed by atoms with E-state index in [0.29, 0.717) is 0 Å². The minimum absolute atomic E-state index is 0.966. The summed E-state index contributed by atoms with van der Waals surface area (Å²) in [5.41, 5.74) is 4.99. The molecule has 0 bridgehead atoms. The molecular formula is C15H16INOS2. The van der Waals surface area contributed by atoms with Crippen LogP contribution in [-0.4, -0.2) is 0 Å². The molecule has 0 aliphatic rings. The Morgan fingerprint density at radius 3 is 2.60 bits per heavy atom. The van der Waals surface area contributed by atoms with Crippen molar-refractivity contribution in [3.05, 3.63) is 59.2 Å². The topological polar surface area (TPSA) is 21.3 Å². The van der Waals surface area contributed by atoms with Gasteiger partial charge in [0, 0.05) is 10.6 Å². The fourth-order valence-electron chi connectivity index (χ4n) is 1.97. The summed E-state index contributed by atoms with van der Waals surface area (Å²) in [5.74, 6) is 0.966. The van der Waals surface area contributed by atoms with Crippen molar-refractivity contribution in [3.8, 4) is 0 Å². The van der Waals surface area contributed by atoms with Crippen LogP contribution in [0.1, 0.15) is 16.7 Å². The standard InChI is InChI=1S/C15H16INOS2/c1-11-8-12(2)15(17-20-18-16)14(9-11)19-10-13-6-4-3-5-7-13/h3-9,17H,10H2,1-2H3. The highest BCUT2D eigenvalue weighted by Gasteiger charge is 2.08. The Labute approximate surface area is 143 Å². The molecule has 20 heavy (non-hydrogen) atoms. The largest absolute Gasteiger partial charge is 0.305 e. The number of hydrogen-bond acceptors (Lipinski definition) is 4. The highest BCUT2D eigenvalue weighted by atomic mass is 127. The summed E-state index contributed by atoms with van der Waals surface area (Å²) in [6.07, 6.45) is 0. The van der Waals surface area contributed by atoms with Crippen LogP contribution in [0.25, 0.3) is 0 Å². The molecule has 0 atom stereocenters. The first kappa shape index (κ1) is 16.0. The molecular weight excluding hydrogens is 401 g/mol. The van der Waals surface area contributed by atoms with Crippen LogP contribution in [-0.2, 0) is 8.27 Å². The molecule has 0 aliphatic heterocycles. The molecule has 0 radical (unpaired) electrons. The highest BCUT2D eigenvalue weighted by molar-refractivity contribution is 14.1. The van der Waals surface area contributed by atoms with Crippen LogP contribution in [0.15, 0.2) is 47.4 Å². The van der Waals surface area contributed by atoms with Gasteiger partial charge < -0.3 is 4.72 Å². The molecule has 2 aromatic rings. The van der Waals surface area contributed by atoms with E-state index in [1.165, 1.54) is 33.8 Å². The molecule has 2 nitrogen and oxygen atoms in total. The first-order valence-electron chi connectivity index (χ1n) is 6.19. The lowest BCUT2D eigenvalue weighted by Crippen LogP contribution is -1.94. The van der Waals surface area contributed by atoms with Crippen molar-refractivity contribution < 1.29 is 2.51 Å². The summed E-state index contributed by atoms with van der Waals surface area (Å²) < 4.78 is 8.28. The normalized spacial score (nSPS) is 10.6. The van der Waals surface area contributed by atoms with E-state index in [2.05, 4.69) is 55.0 Å². The van der Waals surface area contributed by atoms with E-state index in [-0.39, 0.29) is 0 Å². The lowest BCUT2D eigenvalue weighted by Gasteiger charge is -2.14. The van der Waals surface area contributed by atoms with Gasteiger partial charge in [0.1, 0.15) is 35.2 Å². The number of nitrogens with one attached hydrogen (secondary N) is 1. The minimum Gasteiger partial charge on any atom is -0.305 e. The van der Waals surface area contributed by atoms with Crippen LogP contribution in [0.5, 0.6) is 0 Å². The SMILES string of the molecule is Cc1cc(C)c(NSOI)c(SCc2ccccc2)c1. The molecule has 0 aliphatic carbocycles. The number of anilines is 1. The van der Waals surface area contributed by atoms with Gasteiger partial charge in [0.25, 0.3) is 0 Å². The van der Waals surface area contributed by atoms with Crippen LogP contribution in [0.4, 0.5) is 5.69 Å². The third-order valence-electron chi connectivity index (χ3n) is 2.86. The van der Waals surface area contributed by atoms with Crippen molar-refractivity contribution in [2.24, 2.45) is 0 Å². The van der Waals surface area contributed by atoms with Crippen LogP contribution in [0.3, 0.4) is 0 Å². The van der Waals surface area contributed by atoms with Crippen LogP contribution in [0.2, 0.25) is 0 Å². The number of hydrogen-bond donors (Lipinski definition) is 1. The van der Waals surface area contributed by atoms with E-state index < -0.39 is 0 Å². The molecule has 0 saturated carbocycles. The molecule has 0 unspecified atom stereocenters. The van der Waals surface area contributed by atoms with Gasteiger partial charge in [0.15, 0.2) is 0 Å². The van der Waals surface area contributed by atoms with Gasteiger partial charge in [-0.05, 0) is 36.6 Å². The Morgan fingerprint density at radius 2 is 1.90 bits per heavy atom. The number of thioether (sulfide) groups is 1. The van der Waals surface area contributed by atoms with Crippen LogP contribution in [0, 0.1) is 13.8 Å². The van der Waals surface area contributed by atoms with E-state index in [4.69, 9.17) is 2.51 Å². The van der Waals surface area contributed by atoms with E-state index in [0.717, 1.165) is 11.4 Å². The van der Waals surface area contributed by atoms with Gasteiger partial charge in [-0.3, -0.25) is 0 Å². The zero-order valence-electron chi connectivity index (χ0n) is 11.4. The molecule has 0 amide bonds. The highest BCUT2D eigenvalue weighted by Crippen LogP contribution is 2.35. The summed E-state index contributed by atoms with van der Waals surface area (Å²) >= 11 is 4.95. The molecule has 2 aromatic carbocycles. The number of rotatable bonds is 6. The second-order valence-corrected chi connectivity index (χ2v) is 7.07. The maximum absolute atomic E-state index is 5.02. The third-order valence-corrected chi connectivity index (χ3v) is 4.86. The van der Waals surface area contributed by atoms with Gasteiger partial charge in [-0.2, -0.15) is 0 Å². The molecule has 1 N–H and O–H groups in total. The zero-order valence-corrected chi connectivity index (χ0v) is 15.1. The Kier molecular flexibility index (Phi) is 6.54. The van der Waals surface area contributed by atoms with Crippen LogP contribution < -0.4 is 4.72 Å². The van der Waals surface area contributed by atoms with Gasteiger partial charge >= 0.3 is 0 Å². The summed E-state index contributed by atoms with van der Waals surface area (Å²) in [6, 6.07) is 14.9. The number of benzene rings is 2. The predicted molar refractivity (Wildman–Crippen MR) is 98.2 cm³/mol. The average Bonchev–Trinajstić information content (AvgIpc) is 2.45. The van der Waals surface area contributed by atoms with E-state index >= 15 is 0 Å². The lowest BCUT2D eigenvalue weighted by atomic mass is 10.1. The monoisotopic (exact) mass is 417 g/mol. The number of halogens is 1. The maximum Gasteiger partial charge on any atom is 0.129 e. The van der Waals surface area contributed by atoms with Gasteiger partial charge in [0.2, 0.25) is 0 Å². The van der Waals surface area contributed by atoms with E-state index in [1.807, 2.05) is 40.8 Å². The average molecular weight is 417 g/mol. The smallest absolute Gasteiger partial charge is 0.129 e. The van der Waals surface area contributed by atoms with Gasteiger partial charge in [-0.15, -0.1) is 11.8 Å². The minimum atomic E-state index is 0.966. The van der Waals surface area contributed by atoms with Crippen molar-refractivity contribution in [2.75, 3.05) is 4.72 Å². The molecule has 0 fully saturated rings. The van der Waals surface area contributed by atoms with Crippen molar-refractivity contribution in [1.82, 2.24) is 0 Å². The summed E-state index contributed by atoms with van der Waals surface area (Å²) in [7, 11) is 0. The quantitative estimate of drug-likeness (QED) is 0.272. The summed E-state index contributed by atoms with van der Waals surface area (Å²) in [4.78, 5) is 1.26. The molecule has 2 rings (SSSR count). The number of aryl methyl sites for hydroxylation is 2. The zero-order chi connectivity index (χ0) is 14.4. The molecule has 0 spiro atoms. The van der Waals surface area contributed by atoms with E-state index in [1.54, 1.807) is 0 Å². The fourth-order valence-corrected chi connectivity index (χ4v) is 3.83. The predicted octanol–water partition coefficient (Wildman–Crippen LogP) is 5.94. The van der Waals surface area contributed by atoms with Crippen molar-refractivity contribution in [1.29, 1.82) is 0 Å². The van der Waals surface area contributed by atoms with Crippen molar-refractivity contribution in [2.45, 2.75) is 24.5 Å². The third kappa shape index (κ3) is 4.58. The Balaban J connectivity index is 2.16.